The molecule has 14 heteroatoms. The van der Waals surface area contributed by atoms with E-state index in [1.165, 1.54) is 18.4 Å². The Morgan fingerprint density at radius 1 is 1.36 bits per heavy atom. The fourth-order valence-electron chi connectivity index (χ4n) is 3.42. The number of carbonyl (C=O) groups excluding carboxylic acids is 2. The molecule has 1 aliphatic rings. The van der Waals surface area contributed by atoms with Crippen molar-refractivity contribution in [1.82, 2.24) is 20.3 Å². The number of H-pyrrole nitrogens is 1. The normalized spacial score (nSPS) is 18.4. The van der Waals surface area contributed by atoms with Gasteiger partial charge in [-0.1, -0.05) is 34.5 Å². The number of anilines is 1. The zero-order chi connectivity index (χ0) is 23.9. The molecule has 0 aromatic carbocycles. The Bertz CT molecular complexity index is 1220. The monoisotopic (exact) mass is 643 g/mol. The van der Waals surface area contributed by atoms with Gasteiger partial charge in [0.05, 0.1) is 29.7 Å². The third-order valence-corrected chi connectivity index (χ3v) is 8.79. The number of alkyl halides is 1. The van der Waals surface area contributed by atoms with Crippen LogP contribution in [0.3, 0.4) is 0 Å². The summed E-state index contributed by atoms with van der Waals surface area (Å²) in [7, 11) is 1.30. The van der Waals surface area contributed by atoms with Gasteiger partial charge in [0, 0.05) is 17.6 Å². The second-order valence-electron chi connectivity index (χ2n) is 7.24. The minimum atomic E-state index is -1.36. The number of ether oxygens (including phenoxy) is 1. The highest BCUT2D eigenvalue weighted by molar-refractivity contribution is 14.1. The molecule has 3 aromatic heterocycles. The first-order valence-corrected chi connectivity index (χ1v) is 13.2. The molecule has 0 aliphatic carbocycles. The van der Waals surface area contributed by atoms with Gasteiger partial charge in [-0.3, -0.25) is 4.79 Å². The molecule has 1 aliphatic heterocycles. The highest BCUT2D eigenvalue weighted by Gasteiger charge is 2.34. The van der Waals surface area contributed by atoms with Gasteiger partial charge < -0.3 is 19.9 Å². The largest absolute Gasteiger partial charge is 0.465 e. The third kappa shape index (κ3) is 4.99. The number of amides is 1. The molecule has 1 amide bonds. The van der Waals surface area contributed by atoms with E-state index in [4.69, 9.17) is 27.9 Å². The summed E-state index contributed by atoms with van der Waals surface area (Å²) < 4.78 is 20.8. The van der Waals surface area contributed by atoms with E-state index in [1.807, 2.05) is 5.38 Å². The van der Waals surface area contributed by atoms with Crippen LogP contribution in [0.2, 0.25) is 10.0 Å². The number of aryl methyl sites for hydroxylation is 1. The molecule has 4 rings (SSSR count). The second kappa shape index (κ2) is 10.0. The fourth-order valence-corrected chi connectivity index (χ4v) is 6.03. The van der Waals surface area contributed by atoms with Gasteiger partial charge in [0.25, 0.3) is 5.91 Å². The third-order valence-electron chi connectivity index (χ3n) is 5.11. The zero-order valence-corrected chi connectivity index (χ0v) is 22.6. The van der Waals surface area contributed by atoms with Crippen LogP contribution in [0.4, 0.5) is 9.52 Å². The number of esters is 1. The van der Waals surface area contributed by atoms with Crippen LogP contribution < -0.4 is 10.2 Å². The number of aromatic nitrogens is 3. The van der Waals surface area contributed by atoms with Gasteiger partial charge in [0.2, 0.25) is 0 Å². The summed E-state index contributed by atoms with van der Waals surface area (Å²) in [5.74, 6) is -1.04. The number of hydrogen-bond acceptors (Lipinski definition) is 8. The van der Waals surface area contributed by atoms with Gasteiger partial charge in [-0.05, 0) is 35.9 Å². The van der Waals surface area contributed by atoms with Crippen LogP contribution in [0.15, 0.2) is 5.38 Å². The summed E-state index contributed by atoms with van der Waals surface area (Å²) in [6.45, 7) is 2.13. The summed E-state index contributed by atoms with van der Waals surface area (Å²) in [6.07, 6.45) is -1.02. The molecule has 176 valence electrons. The lowest BCUT2D eigenvalue weighted by molar-refractivity contribution is 0.0606. The van der Waals surface area contributed by atoms with Crippen LogP contribution in [0.5, 0.6) is 0 Å². The van der Waals surface area contributed by atoms with Crippen molar-refractivity contribution in [2.45, 2.75) is 25.6 Å². The number of nitrogens with one attached hydrogen (secondary N) is 2. The lowest BCUT2D eigenvalue weighted by Gasteiger charge is -2.34. The van der Waals surface area contributed by atoms with E-state index >= 15 is 4.39 Å². The van der Waals surface area contributed by atoms with Gasteiger partial charge in [-0.2, -0.15) is 0 Å². The second-order valence-corrected chi connectivity index (χ2v) is 11.6. The molecule has 4 heterocycles. The Labute approximate surface area is 220 Å². The van der Waals surface area contributed by atoms with Crippen molar-refractivity contribution in [2.24, 2.45) is 0 Å². The average Bonchev–Trinajstić information content (AvgIpc) is 3.49. The number of methoxy groups -OCH3 is 1. The molecule has 0 saturated carbocycles. The van der Waals surface area contributed by atoms with Gasteiger partial charge in [-0.25, -0.2) is 19.2 Å². The van der Waals surface area contributed by atoms with E-state index in [0.717, 1.165) is 14.4 Å². The van der Waals surface area contributed by atoms with Crippen molar-refractivity contribution >= 4 is 85.5 Å². The maximum absolute atomic E-state index is 15.1. The van der Waals surface area contributed by atoms with E-state index < -0.39 is 24.1 Å². The molecular weight excluding hydrogens is 627 g/mol. The topological polar surface area (TPSA) is 100 Å². The molecule has 0 radical (unpaired) electrons. The molecule has 0 bridgehead atoms. The average molecular weight is 644 g/mol. The molecule has 1 saturated heterocycles. The van der Waals surface area contributed by atoms with Crippen molar-refractivity contribution in [2.75, 3.05) is 25.1 Å². The van der Waals surface area contributed by atoms with E-state index in [1.54, 1.807) is 11.8 Å². The van der Waals surface area contributed by atoms with Crippen LogP contribution in [-0.2, 0) is 4.74 Å². The Morgan fingerprint density at radius 2 is 2.12 bits per heavy atom. The number of halogens is 4. The highest BCUT2D eigenvalue weighted by atomic mass is 127. The molecule has 0 spiro atoms. The Balaban J connectivity index is 1.49. The predicted molar refractivity (Wildman–Crippen MR) is 136 cm³/mol. The van der Waals surface area contributed by atoms with Crippen molar-refractivity contribution in [3.63, 3.8) is 0 Å². The van der Waals surface area contributed by atoms with Crippen LogP contribution in [0.1, 0.15) is 32.3 Å². The van der Waals surface area contributed by atoms with Crippen molar-refractivity contribution in [3.8, 4) is 11.4 Å². The maximum atomic E-state index is 15.1. The minimum absolute atomic E-state index is 0.00531. The van der Waals surface area contributed by atoms with E-state index in [-0.39, 0.29) is 22.3 Å². The number of carbonyl (C=O) groups is 2. The Hall–Kier alpha value is -1.48. The predicted octanol–water partition coefficient (Wildman–Crippen LogP) is 4.95. The number of aromatic amines is 1. The molecule has 0 unspecified atom stereocenters. The standard InChI is InChI=1S/C19H17Cl2FIN5O3S2/c1-7-11(20)12(21)14(24-7)16(29)25-9-3-4-28(5-8(9)22)19-27-13(10-6-32-18(23)26-10)15(33-19)17(30)31-2/h6,8-9,24H,3-5H2,1-2H3,(H,25,29)/t8-,9+/m0/s1. The molecular formula is C19H17Cl2FIN5O3S2. The quantitative estimate of drug-likeness (QED) is 0.302. The first-order chi connectivity index (χ1) is 15.7. The molecule has 3 aromatic rings. The maximum Gasteiger partial charge on any atom is 0.350 e. The summed E-state index contributed by atoms with van der Waals surface area (Å²) >= 11 is 16.8. The van der Waals surface area contributed by atoms with Crippen LogP contribution in [0.25, 0.3) is 11.4 Å². The number of nitrogens with zero attached hydrogens (tertiary/aromatic N) is 3. The van der Waals surface area contributed by atoms with E-state index in [2.05, 4.69) is 42.9 Å². The van der Waals surface area contributed by atoms with Crippen LogP contribution >= 0.6 is 68.5 Å². The molecule has 1 fully saturated rings. The molecule has 2 atom stereocenters. The first kappa shape index (κ1) is 24.6. The van der Waals surface area contributed by atoms with Crippen LogP contribution in [0, 0.1) is 9.94 Å². The number of rotatable bonds is 5. The summed E-state index contributed by atoms with van der Waals surface area (Å²) in [4.78, 5) is 38.7. The number of hydrogen-bond donors (Lipinski definition) is 2. The van der Waals surface area contributed by atoms with Crippen LogP contribution in [-0.4, -0.2) is 59.2 Å². The minimum Gasteiger partial charge on any atom is -0.465 e. The first-order valence-electron chi connectivity index (χ1n) is 9.63. The number of thiazole rings is 2. The smallest absolute Gasteiger partial charge is 0.350 e. The number of piperidine rings is 1. The summed E-state index contributed by atoms with van der Waals surface area (Å²) in [5.41, 5.74) is 1.66. The lowest BCUT2D eigenvalue weighted by Crippen LogP contribution is -2.52. The van der Waals surface area contributed by atoms with E-state index in [9.17, 15) is 9.59 Å². The lowest BCUT2D eigenvalue weighted by atomic mass is 10.0. The zero-order valence-electron chi connectivity index (χ0n) is 17.2. The fraction of sp³-hybridized carbons (Fsp3) is 0.368. The molecule has 8 nitrogen and oxygen atoms in total. The van der Waals surface area contributed by atoms with Gasteiger partial charge >= 0.3 is 5.97 Å². The molecule has 33 heavy (non-hydrogen) atoms. The van der Waals surface area contributed by atoms with Gasteiger partial charge in [0.1, 0.15) is 28.1 Å². The highest BCUT2D eigenvalue weighted by Crippen LogP contribution is 2.36. The Morgan fingerprint density at radius 3 is 2.70 bits per heavy atom. The SMILES string of the molecule is COC(=O)c1sc(N2CC[C@@H](NC(=O)c3[nH]c(C)c(Cl)c3Cl)[C@@H](F)C2)nc1-c1csc(I)n1. The molecule has 2 N–H and O–H groups in total. The van der Waals surface area contributed by atoms with Crippen molar-refractivity contribution < 1.29 is 18.7 Å². The summed E-state index contributed by atoms with van der Waals surface area (Å²) in [5, 5.41) is 5.38. The van der Waals surface area contributed by atoms with E-state index in [0.29, 0.717) is 40.1 Å². The van der Waals surface area contributed by atoms with Gasteiger partial charge in [0.15, 0.2) is 8.15 Å². The Kier molecular flexibility index (Phi) is 7.48. The van der Waals surface area contributed by atoms with Gasteiger partial charge in [-0.15, -0.1) is 11.3 Å². The van der Waals surface area contributed by atoms with Crippen molar-refractivity contribution in [3.05, 3.63) is 34.7 Å². The summed E-state index contributed by atoms with van der Waals surface area (Å²) in [6, 6.07) is -0.702. The van der Waals surface area contributed by atoms with Crippen molar-refractivity contribution in [1.29, 1.82) is 0 Å².